The van der Waals surface area contributed by atoms with Crippen LogP contribution in [0.4, 0.5) is 0 Å². The SMILES string of the molecule is O=C1Cn2nc(C3CC3)nc2CC2(CCN(C3CCCC3)CC2)N1. The van der Waals surface area contributed by atoms with Gasteiger partial charge in [-0.3, -0.25) is 4.79 Å². The third-order valence-corrected chi connectivity index (χ3v) is 6.50. The van der Waals surface area contributed by atoms with Crippen molar-refractivity contribution >= 4 is 5.91 Å². The Bertz CT molecular complexity index is 636. The minimum atomic E-state index is -0.103. The molecule has 1 spiro atoms. The molecule has 1 aromatic rings. The molecule has 1 amide bonds. The number of hydrogen-bond donors (Lipinski definition) is 1. The Kier molecular flexibility index (Phi) is 3.44. The summed E-state index contributed by atoms with van der Waals surface area (Å²) < 4.78 is 1.86. The van der Waals surface area contributed by atoms with Gasteiger partial charge in [-0.15, -0.1) is 0 Å². The fourth-order valence-electron chi connectivity index (χ4n) is 4.87. The van der Waals surface area contributed by atoms with Crippen molar-refractivity contribution in [3.63, 3.8) is 0 Å². The van der Waals surface area contributed by atoms with Gasteiger partial charge in [0.1, 0.15) is 12.4 Å². The summed E-state index contributed by atoms with van der Waals surface area (Å²) in [6.07, 6.45) is 10.8. The maximum absolute atomic E-state index is 12.4. The molecule has 0 radical (unpaired) electrons. The number of carbonyl (C=O) groups is 1. The Morgan fingerprint density at radius 3 is 2.54 bits per heavy atom. The lowest BCUT2D eigenvalue weighted by molar-refractivity contribution is -0.124. The molecule has 3 heterocycles. The fraction of sp³-hybridized carbons (Fsp3) is 0.833. The number of rotatable bonds is 2. The lowest BCUT2D eigenvalue weighted by Crippen LogP contribution is -2.57. The number of nitrogens with zero attached hydrogens (tertiary/aromatic N) is 4. The number of amides is 1. The number of aromatic nitrogens is 3. The van der Waals surface area contributed by atoms with Crippen molar-refractivity contribution in [2.24, 2.45) is 0 Å². The van der Waals surface area contributed by atoms with Crippen molar-refractivity contribution in [1.82, 2.24) is 25.0 Å². The molecule has 2 aliphatic heterocycles. The van der Waals surface area contributed by atoms with Crippen LogP contribution in [0, 0.1) is 0 Å². The van der Waals surface area contributed by atoms with Gasteiger partial charge < -0.3 is 10.2 Å². The van der Waals surface area contributed by atoms with E-state index in [4.69, 9.17) is 4.98 Å². The molecule has 1 saturated heterocycles. The third kappa shape index (κ3) is 2.65. The summed E-state index contributed by atoms with van der Waals surface area (Å²) in [7, 11) is 0. The van der Waals surface area contributed by atoms with Crippen LogP contribution in [-0.2, 0) is 17.8 Å². The average molecular weight is 329 g/mol. The molecule has 0 bridgehead atoms. The van der Waals surface area contributed by atoms with Gasteiger partial charge in [0.25, 0.3) is 0 Å². The number of likely N-dealkylation sites (tertiary alicyclic amines) is 1. The zero-order chi connectivity index (χ0) is 16.1. The number of nitrogens with one attached hydrogen (secondary N) is 1. The highest BCUT2D eigenvalue weighted by Gasteiger charge is 2.42. The molecule has 4 aliphatic rings. The predicted octanol–water partition coefficient (Wildman–Crippen LogP) is 1.60. The fourth-order valence-corrected chi connectivity index (χ4v) is 4.87. The Balaban J connectivity index is 1.34. The van der Waals surface area contributed by atoms with Crippen LogP contribution in [0.15, 0.2) is 0 Å². The molecular formula is C18H27N5O. The smallest absolute Gasteiger partial charge is 0.242 e. The average Bonchev–Trinajstić information content (AvgIpc) is 3.17. The van der Waals surface area contributed by atoms with Crippen LogP contribution in [0.2, 0.25) is 0 Å². The summed E-state index contributed by atoms with van der Waals surface area (Å²) in [5.41, 5.74) is -0.103. The molecule has 6 heteroatoms. The predicted molar refractivity (Wildman–Crippen MR) is 89.6 cm³/mol. The molecule has 130 valence electrons. The molecule has 2 aliphatic carbocycles. The zero-order valence-electron chi connectivity index (χ0n) is 14.3. The molecular weight excluding hydrogens is 302 g/mol. The van der Waals surface area contributed by atoms with Crippen molar-refractivity contribution in [3.8, 4) is 0 Å². The Labute approximate surface area is 143 Å². The lowest BCUT2D eigenvalue weighted by Gasteiger charge is -2.43. The van der Waals surface area contributed by atoms with Crippen molar-refractivity contribution in [1.29, 1.82) is 0 Å². The van der Waals surface area contributed by atoms with E-state index in [0.29, 0.717) is 12.5 Å². The summed E-state index contributed by atoms with van der Waals surface area (Å²) in [6, 6.07) is 0.786. The Morgan fingerprint density at radius 2 is 1.83 bits per heavy atom. The van der Waals surface area contributed by atoms with Gasteiger partial charge in [-0.1, -0.05) is 12.8 Å². The second kappa shape index (κ2) is 5.55. The minimum Gasteiger partial charge on any atom is -0.349 e. The normalized spacial score (nSPS) is 27.9. The monoisotopic (exact) mass is 329 g/mol. The molecule has 0 atom stereocenters. The topological polar surface area (TPSA) is 63.1 Å². The molecule has 24 heavy (non-hydrogen) atoms. The van der Waals surface area contributed by atoms with Crippen molar-refractivity contribution in [2.45, 2.75) is 81.8 Å². The van der Waals surface area contributed by atoms with Crippen LogP contribution in [0.1, 0.15) is 68.9 Å². The van der Waals surface area contributed by atoms with Crippen LogP contribution in [0.25, 0.3) is 0 Å². The highest BCUT2D eigenvalue weighted by atomic mass is 16.2. The third-order valence-electron chi connectivity index (χ3n) is 6.50. The van der Waals surface area contributed by atoms with E-state index < -0.39 is 0 Å². The largest absolute Gasteiger partial charge is 0.349 e. The molecule has 2 saturated carbocycles. The van der Waals surface area contributed by atoms with Crippen LogP contribution < -0.4 is 5.32 Å². The van der Waals surface area contributed by atoms with E-state index in [9.17, 15) is 4.79 Å². The van der Waals surface area contributed by atoms with Crippen LogP contribution in [-0.4, -0.2) is 50.2 Å². The summed E-state index contributed by atoms with van der Waals surface area (Å²) in [5, 5.41) is 7.95. The van der Waals surface area contributed by atoms with Crippen molar-refractivity contribution in [3.05, 3.63) is 11.6 Å². The number of fused-ring (bicyclic) bond motifs is 1. The van der Waals surface area contributed by atoms with Gasteiger partial charge in [0.05, 0.1) is 0 Å². The second-order valence-corrected chi connectivity index (χ2v) is 8.30. The summed E-state index contributed by atoms with van der Waals surface area (Å²) in [5.74, 6) is 2.64. The Morgan fingerprint density at radius 1 is 1.08 bits per heavy atom. The highest BCUT2D eigenvalue weighted by molar-refractivity contribution is 5.77. The molecule has 6 nitrogen and oxygen atoms in total. The van der Waals surface area contributed by atoms with Crippen LogP contribution >= 0.6 is 0 Å². The molecule has 1 N–H and O–H groups in total. The van der Waals surface area contributed by atoms with Gasteiger partial charge in [0.15, 0.2) is 5.82 Å². The first-order chi connectivity index (χ1) is 11.7. The number of hydrogen-bond acceptors (Lipinski definition) is 4. The van der Waals surface area contributed by atoms with Crippen LogP contribution in [0.5, 0.6) is 0 Å². The molecule has 0 unspecified atom stereocenters. The standard InChI is InChI=1S/C18H27N5O/c24-16-12-23-15(19-17(21-23)13-5-6-13)11-18(20-16)7-9-22(10-8-18)14-3-1-2-4-14/h13-14H,1-12H2,(H,20,24). The first-order valence-electron chi connectivity index (χ1n) is 9.69. The van der Waals surface area contributed by atoms with Gasteiger partial charge >= 0.3 is 0 Å². The van der Waals surface area contributed by atoms with Gasteiger partial charge in [0, 0.05) is 37.0 Å². The van der Waals surface area contributed by atoms with E-state index in [-0.39, 0.29) is 11.4 Å². The van der Waals surface area contributed by atoms with Gasteiger partial charge in [-0.25, -0.2) is 9.67 Å². The first kappa shape index (κ1) is 14.9. The molecule has 5 rings (SSSR count). The van der Waals surface area contributed by atoms with Gasteiger partial charge in [-0.2, -0.15) is 5.10 Å². The summed E-state index contributed by atoms with van der Waals surface area (Å²) in [6.45, 7) is 2.55. The molecule has 0 aromatic carbocycles. The van der Waals surface area contributed by atoms with Gasteiger partial charge in [0.2, 0.25) is 5.91 Å². The van der Waals surface area contributed by atoms with Crippen molar-refractivity contribution < 1.29 is 4.79 Å². The van der Waals surface area contributed by atoms with Gasteiger partial charge in [-0.05, 0) is 38.5 Å². The quantitative estimate of drug-likeness (QED) is 0.895. The van der Waals surface area contributed by atoms with E-state index in [2.05, 4.69) is 15.3 Å². The maximum atomic E-state index is 12.4. The van der Waals surface area contributed by atoms with E-state index in [1.54, 1.807) is 0 Å². The molecule has 1 aromatic heterocycles. The number of carbonyl (C=O) groups excluding carboxylic acids is 1. The zero-order valence-corrected chi connectivity index (χ0v) is 14.3. The van der Waals surface area contributed by atoms with Crippen molar-refractivity contribution in [2.75, 3.05) is 13.1 Å². The summed E-state index contributed by atoms with van der Waals surface area (Å²) in [4.78, 5) is 19.9. The van der Waals surface area contributed by atoms with Crippen LogP contribution in [0.3, 0.4) is 0 Å². The van der Waals surface area contributed by atoms with E-state index in [0.717, 1.165) is 50.0 Å². The number of piperidine rings is 1. The van der Waals surface area contributed by atoms with E-state index in [1.807, 2.05) is 4.68 Å². The second-order valence-electron chi connectivity index (χ2n) is 8.30. The summed E-state index contributed by atoms with van der Waals surface area (Å²) >= 11 is 0. The Hall–Kier alpha value is -1.43. The molecule has 3 fully saturated rings. The maximum Gasteiger partial charge on any atom is 0.242 e. The first-order valence-corrected chi connectivity index (χ1v) is 9.69. The lowest BCUT2D eigenvalue weighted by atomic mass is 9.83. The highest BCUT2D eigenvalue weighted by Crippen LogP contribution is 2.39. The minimum absolute atomic E-state index is 0.103. The van der Waals surface area contributed by atoms with E-state index >= 15 is 0 Å². The van der Waals surface area contributed by atoms with E-state index in [1.165, 1.54) is 38.5 Å².